The normalized spacial score (nSPS) is 25.8. The Bertz CT molecular complexity index is 1290. The summed E-state index contributed by atoms with van der Waals surface area (Å²) in [6, 6.07) is 4.47. The number of hydrogen-bond acceptors (Lipinski definition) is 7. The van der Waals surface area contributed by atoms with Gasteiger partial charge in [-0.1, -0.05) is 38.9 Å². The maximum Gasteiger partial charge on any atom is 0.312 e. The van der Waals surface area contributed by atoms with E-state index in [4.69, 9.17) is 14.1 Å². The highest BCUT2D eigenvalue weighted by Gasteiger charge is 2.52. The lowest BCUT2D eigenvalue weighted by Gasteiger charge is -2.42. The summed E-state index contributed by atoms with van der Waals surface area (Å²) in [4.78, 5) is 22.6. The highest BCUT2D eigenvalue weighted by atomic mass is 79.9. The predicted octanol–water partition coefficient (Wildman–Crippen LogP) is 6.12. The maximum absolute atomic E-state index is 16.7. The van der Waals surface area contributed by atoms with Crippen molar-refractivity contribution in [1.29, 1.82) is 0 Å². The van der Waals surface area contributed by atoms with Crippen molar-refractivity contribution < 1.29 is 23.2 Å². The number of esters is 1. The number of ether oxygens (including phenoxy) is 1. The number of halogens is 2. The van der Waals surface area contributed by atoms with Gasteiger partial charge in [0.05, 0.1) is 47.9 Å². The van der Waals surface area contributed by atoms with Crippen LogP contribution in [0.4, 0.5) is 4.39 Å². The van der Waals surface area contributed by atoms with Crippen LogP contribution in [0.3, 0.4) is 0 Å². The Balaban J connectivity index is 2.27. The van der Waals surface area contributed by atoms with Gasteiger partial charge in [-0.3, -0.25) is 9.79 Å². The molecule has 0 saturated heterocycles. The summed E-state index contributed by atoms with van der Waals surface area (Å²) in [6.07, 6.45) is 1.46. The monoisotopic (exact) mass is 659 g/mol. The average molecular weight is 661 g/mol. The van der Waals surface area contributed by atoms with Gasteiger partial charge in [0.15, 0.2) is 0 Å². The quantitative estimate of drug-likeness (QED) is 0.185. The first kappa shape index (κ1) is 33.3. The van der Waals surface area contributed by atoms with Crippen LogP contribution in [0.15, 0.2) is 20.0 Å². The summed E-state index contributed by atoms with van der Waals surface area (Å²) in [5, 5.41) is 10.6. The van der Waals surface area contributed by atoms with Crippen molar-refractivity contribution in [2.45, 2.75) is 116 Å². The molecule has 1 saturated carbocycles. The van der Waals surface area contributed by atoms with Gasteiger partial charge in [-0.05, 0) is 81.6 Å². The number of aliphatic imine (C=N–C) groups is 1. The predicted molar refractivity (Wildman–Crippen MR) is 167 cm³/mol. The molecule has 1 aliphatic carbocycles. The van der Waals surface area contributed by atoms with Crippen molar-refractivity contribution in [3.8, 4) is 0 Å². The lowest BCUT2D eigenvalue weighted by molar-refractivity contribution is -0.153. The van der Waals surface area contributed by atoms with Gasteiger partial charge in [0, 0.05) is 11.1 Å². The number of aromatic nitrogens is 1. The number of hydrogen-bond donors (Lipinski definition) is 1. The molecule has 2 heterocycles. The van der Waals surface area contributed by atoms with Crippen LogP contribution in [0.1, 0.15) is 87.3 Å². The summed E-state index contributed by atoms with van der Waals surface area (Å²) >= 11 is 3.53. The minimum atomic E-state index is -3.10. The molecule has 0 unspecified atom stereocenters. The minimum absolute atomic E-state index is 0.0223. The van der Waals surface area contributed by atoms with Crippen molar-refractivity contribution >= 4 is 50.6 Å². The molecule has 226 valence electrons. The Morgan fingerprint density at radius 3 is 2.25 bits per heavy atom. The molecule has 1 aromatic heterocycles. The van der Waals surface area contributed by atoms with Crippen LogP contribution in [-0.4, -0.2) is 63.3 Å². The highest BCUT2D eigenvalue weighted by molar-refractivity contribution is 9.10. The molecule has 40 heavy (non-hydrogen) atoms. The van der Waals surface area contributed by atoms with Crippen LogP contribution < -0.4 is 5.19 Å². The summed E-state index contributed by atoms with van der Waals surface area (Å²) in [5.74, 6) is -0.915. The number of carbonyl (C=O) groups excluding carboxylic acids is 1. The van der Waals surface area contributed by atoms with Gasteiger partial charge in [0.1, 0.15) is 27.3 Å². The SMILES string of the molecule is CC[Si](CC)(CC)c1cc(Br)nc([C@]2(C)C[S@](=O)(=NCC3(CO)CC3)C(C)(C)C(CC(=O)OC(C)(C)C)=N2)c1F. The molecular weight excluding hydrogens is 613 g/mol. The Kier molecular flexibility index (Phi) is 9.57. The zero-order valence-electron chi connectivity index (χ0n) is 25.6. The van der Waals surface area contributed by atoms with Crippen molar-refractivity contribution in [3.05, 3.63) is 22.2 Å². The fourth-order valence-corrected chi connectivity index (χ4v) is 12.6. The second-order valence-corrected chi connectivity index (χ2v) is 22.2. The largest absolute Gasteiger partial charge is 0.460 e. The van der Waals surface area contributed by atoms with Crippen molar-refractivity contribution in [2.75, 3.05) is 18.9 Å². The Morgan fingerprint density at radius 1 is 1.20 bits per heavy atom. The molecule has 2 aliphatic rings. The minimum Gasteiger partial charge on any atom is -0.460 e. The van der Waals surface area contributed by atoms with Crippen molar-refractivity contribution in [1.82, 2.24) is 4.98 Å². The molecule has 1 aromatic rings. The van der Waals surface area contributed by atoms with E-state index in [2.05, 4.69) is 41.7 Å². The fraction of sp³-hybridized carbons (Fsp3) is 0.759. The summed E-state index contributed by atoms with van der Waals surface area (Å²) in [5.41, 5.74) is -1.87. The van der Waals surface area contributed by atoms with Crippen LogP contribution in [0, 0.1) is 11.2 Å². The van der Waals surface area contributed by atoms with Crippen molar-refractivity contribution in [3.63, 3.8) is 0 Å². The van der Waals surface area contributed by atoms with Crippen LogP contribution >= 0.6 is 15.9 Å². The first-order valence-corrected chi connectivity index (χ1v) is 19.4. The first-order chi connectivity index (χ1) is 18.4. The van der Waals surface area contributed by atoms with Crippen molar-refractivity contribution in [2.24, 2.45) is 14.8 Å². The average Bonchev–Trinajstić information content (AvgIpc) is 3.64. The molecule has 0 spiro atoms. The molecule has 0 bridgehead atoms. The second-order valence-electron chi connectivity index (χ2n) is 13.3. The number of aliphatic hydroxyl groups excluding tert-OH is 1. The number of nitrogens with zero attached hydrogens (tertiary/aromatic N) is 3. The fourth-order valence-electron chi connectivity index (χ4n) is 5.65. The van der Waals surface area contributed by atoms with Gasteiger partial charge in [0.2, 0.25) is 0 Å². The van der Waals surface area contributed by atoms with E-state index in [1.54, 1.807) is 41.5 Å². The van der Waals surface area contributed by atoms with E-state index < -0.39 is 45.5 Å². The van der Waals surface area contributed by atoms with Crippen LogP contribution in [0.25, 0.3) is 0 Å². The molecule has 11 heteroatoms. The van der Waals surface area contributed by atoms with E-state index in [1.807, 2.05) is 6.07 Å². The summed E-state index contributed by atoms with van der Waals surface area (Å²) in [7, 11) is -5.25. The van der Waals surface area contributed by atoms with Gasteiger partial charge in [0.25, 0.3) is 0 Å². The zero-order valence-corrected chi connectivity index (χ0v) is 29.0. The lowest BCUT2D eigenvalue weighted by atomic mass is 9.95. The zero-order chi connectivity index (χ0) is 30.4. The Hall–Kier alpha value is -1.17. The van der Waals surface area contributed by atoms with Crippen LogP contribution in [0.2, 0.25) is 18.1 Å². The van der Waals surface area contributed by atoms with Crippen LogP contribution in [-0.2, 0) is 24.8 Å². The molecule has 1 N–H and O–H groups in total. The van der Waals surface area contributed by atoms with E-state index in [0.29, 0.717) is 15.5 Å². The smallest absolute Gasteiger partial charge is 0.312 e. The standard InChI is InChI=1S/C29H47BrFN3O4SSi/c1-10-40(11-2,12-3)20-15-22(30)33-25(24(20)31)28(9)19-39(37,32-17-29(18-35)13-14-29)27(7,8)21(34-28)16-23(36)38-26(4,5)6/h15,35H,10-14,16-19H2,1-9H3/t28-,39+/m0/s1. The number of carbonyl (C=O) groups is 1. The van der Waals surface area contributed by atoms with E-state index >= 15 is 4.39 Å². The van der Waals surface area contributed by atoms with Gasteiger partial charge in [-0.2, -0.15) is 0 Å². The molecule has 0 radical (unpaired) electrons. The summed E-state index contributed by atoms with van der Waals surface area (Å²) < 4.78 is 41.4. The van der Waals surface area contributed by atoms with E-state index in [1.165, 1.54) is 0 Å². The molecule has 0 amide bonds. The number of aliphatic hydroxyl groups is 1. The third-order valence-corrected chi connectivity index (χ3v) is 18.3. The first-order valence-electron chi connectivity index (χ1n) is 14.3. The van der Waals surface area contributed by atoms with Gasteiger partial charge < -0.3 is 9.84 Å². The van der Waals surface area contributed by atoms with Gasteiger partial charge in [-0.25, -0.2) is 17.9 Å². The second kappa shape index (κ2) is 11.5. The molecule has 2 atom stereocenters. The number of pyridine rings is 1. The van der Waals surface area contributed by atoms with E-state index in [9.17, 15) is 14.1 Å². The Morgan fingerprint density at radius 2 is 1.77 bits per heavy atom. The van der Waals surface area contributed by atoms with Gasteiger partial charge >= 0.3 is 5.97 Å². The maximum atomic E-state index is 16.7. The molecule has 0 aromatic carbocycles. The van der Waals surface area contributed by atoms with Gasteiger partial charge in [-0.15, -0.1) is 0 Å². The molecule has 1 aliphatic heterocycles. The lowest BCUT2D eigenvalue weighted by Crippen LogP contribution is -2.54. The van der Waals surface area contributed by atoms with E-state index in [0.717, 1.165) is 31.0 Å². The van der Waals surface area contributed by atoms with Crippen LogP contribution in [0.5, 0.6) is 0 Å². The summed E-state index contributed by atoms with van der Waals surface area (Å²) in [6.45, 7) is 17.3. The number of rotatable bonds is 10. The Labute approximate surface area is 249 Å². The molecule has 7 nitrogen and oxygen atoms in total. The highest BCUT2D eigenvalue weighted by Crippen LogP contribution is 2.47. The molecule has 3 rings (SSSR count). The topological polar surface area (TPSA) is 101 Å². The third kappa shape index (κ3) is 6.42. The third-order valence-electron chi connectivity index (χ3n) is 9.02. The molecular formula is C29H47BrFN3O4SSi. The molecule has 1 fully saturated rings. The van der Waals surface area contributed by atoms with E-state index in [-0.39, 0.29) is 36.4 Å².